The molecule has 0 aliphatic carbocycles. The predicted molar refractivity (Wildman–Crippen MR) is 77.0 cm³/mol. The maximum atomic E-state index is 11.5. The first-order valence-electron chi connectivity index (χ1n) is 6.77. The van der Waals surface area contributed by atoms with Crippen molar-refractivity contribution in [3.05, 3.63) is 29.8 Å². The van der Waals surface area contributed by atoms with Crippen molar-refractivity contribution >= 4 is 10.0 Å². The van der Waals surface area contributed by atoms with Gasteiger partial charge in [-0.25, -0.2) is 12.7 Å². The maximum absolute atomic E-state index is 11.5. The van der Waals surface area contributed by atoms with E-state index in [9.17, 15) is 8.42 Å². The van der Waals surface area contributed by atoms with E-state index < -0.39 is 10.0 Å². The summed E-state index contributed by atoms with van der Waals surface area (Å²) in [5.74, 6) is 0.935. The lowest BCUT2D eigenvalue weighted by Gasteiger charge is -2.30. The van der Waals surface area contributed by atoms with Crippen molar-refractivity contribution in [2.75, 3.05) is 26.0 Å². The van der Waals surface area contributed by atoms with Crippen molar-refractivity contribution in [3.63, 3.8) is 0 Å². The lowest BCUT2D eigenvalue weighted by atomic mass is 10.0. The van der Waals surface area contributed by atoms with Gasteiger partial charge in [-0.15, -0.1) is 0 Å². The molecule has 0 aromatic heterocycles. The van der Waals surface area contributed by atoms with Crippen molar-refractivity contribution in [3.8, 4) is 5.75 Å². The standard InChI is InChI=1S/C14H21NO4S/c1-20(17,18)15-7-3-5-13(9-15)11-19-14-6-2-4-12(8-14)10-16/h2,4,6,8,13,16H,3,5,7,9-11H2,1H3. The number of nitrogens with zero attached hydrogens (tertiary/aromatic N) is 1. The molecule has 0 amide bonds. The third-order valence-corrected chi connectivity index (χ3v) is 4.79. The molecule has 1 unspecified atom stereocenters. The molecule has 1 fully saturated rings. The molecule has 5 nitrogen and oxygen atoms in total. The minimum absolute atomic E-state index is 0.0114. The van der Waals surface area contributed by atoms with Gasteiger partial charge in [0.2, 0.25) is 10.0 Å². The third-order valence-electron chi connectivity index (χ3n) is 3.52. The Morgan fingerprint density at radius 3 is 2.95 bits per heavy atom. The molecular weight excluding hydrogens is 278 g/mol. The molecular formula is C14H21NO4S. The van der Waals surface area contributed by atoms with Crippen LogP contribution >= 0.6 is 0 Å². The molecule has 1 aromatic carbocycles. The van der Waals surface area contributed by atoms with Gasteiger partial charge in [0, 0.05) is 19.0 Å². The van der Waals surface area contributed by atoms with E-state index in [0.717, 1.165) is 18.4 Å². The van der Waals surface area contributed by atoms with Gasteiger partial charge in [-0.3, -0.25) is 0 Å². The van der Waals surface area contributed by atoms with Crippen molar-refractivity contribution in [2.45, 2.75) is 19.4 Å². The van der Waals surface area contributed by atoms with Crippen LogP contribution in [0.1, 0.15) is 18.4 Å². The van der Waals surface area contributed by atoms with E-state index in [1.165, 1.54) is 10.6 Å². The highest BCUT2D eigenvalue weighted by Crippen LogP contribution is 2.21. The number of aliphatic hydroxyl groups excluding tert-OH is 1. The lowest BCUT2D eigenvalue weighted by molar-refractivity contribution is 0.180. The van der Waals surface area contributed by atoms with Crippen LogP contribution in [-0.2, 0) is 16.6 Å². The minimum Gasteiger partial charge on any atom is -0.493 e. The summed E-state index contributed by atoms with van der Waals surface area (Å²) in [5, 5.41) is 9.07. The summed E-state index contributed by atoms with van der Waals surface area (Å²) in [6.45, 7) is 1.62. The Bertz CT molecular complexity index is 544. The molecule has 0 spiro atoms. The van der Waals surface area contributed by atoms with Crippen LogP contribution in [0, 0.1) is 5.92 Å². The zero-order chi connectivity index (χ0) is 14.6. The van der Waals surface area contributed by atoms with E-state index in [4.69, 9.17) is 9.84 Å². The molecule has 1 aromatic rings. The fraction of sp³-hybridized carbons (Fsp3) is 0.571. The number of benzene rings is 1. The van der Waals surface area contributed by atoms with Crippen LogP contribution in [0.4, 0.5) is 0 Å². The van der Waals surface area contributed by atoms with E-state index in [-0.39, 0.29) is 12.5 Å². The molecule has 1 atom stereocenters. The number of sulfonamides is 1. The topological polar surface area (TPSA) is 66.8 Å². The van der Waals surface area contributed by atoms with Crippen LogP contribution in [0.3, 0.4) is 0 Å². The normalized spacial score (nSPS) is 20.8. The molecule has 6 heteroatoms. The van der Waals surface area contributed by atoms with Crippen LogP contribution in [0.25, 0.3) is 0 Å². The van der Waals surface area contributed by atoms with Crippen LogP contribution in [0.15, 0.2) is 24.3 Å². The monoisotopic (exact) mass is 299 g/mol. The van der Waals surface area contributed by atoms with Crippen molar-refractivity contribution in [1.82, 2.24) is 4.31 Å². The zero-order valence-electron chi connectivity index (χ0n) is 11.7. The van der Waals surface area contributed by atoms with E-state index in [2.05, 4.69) is 0 Å². The molecule has 0 radical (unpaired) electrons. The number of hydrogen-bond donors (Lipinski definition) is 1. The van der Waals surface area contributed by atoms with Crippen LogP contribution < -0.4 is 4.74 Å². The fourth-order valence-electron chi connectivity index (χ4n) is 2.41. The average Bonchev–Trinajstić information content (AvgIpc) is 2.45. The molecule has 0 saturated carbocycles. The minimum atomic E-state index is -3.11. The van der Waals surface area contributed by atoms with Crippen LogP contribution in [0.5, 0.6) is 5.75 Å². The van der Waals surface area contributed by atoms with Gasteiger partial charge in [0.1, 0.15) is 5.75 Å². The van der Waals surface area contributed by atoms with Crippen molar-refractivity contribution in [2.24, 2.45) is 5.92 Å². The Balaban J connectivity index is 1.90. The lowest BCUT2D eigenvalue weighted by Crippen LogP contribution is -2.40. The molecule has 1 heterocycles. The first-order chi connectivity index (χ1) is 9.49. The van der Waals surface area contributed by atoms with Gasteiger partial charge in [0.15, 0.2) is 0 Å². The highest BCUT2D eigenvalue weighted by atomic mass is 32.2. The molecule has 1 N–H and O–H groups in total. The summed E-state index contributed by atoms with van der Waals surface area (Å²) in [6.07, 6.45) is 3.10. The van der Waals surface area contributed by atoms with E-state index in [0.29, 0.717) is 25.4 Å². The summed E-state index contributed by atoms with van der Waals surface area (Å²) in [4.78, 5) is 0. The van der Waals surface area contributed by atoms with Gasteiger partial charge < -0.3 is 9.84 Å². The molecule has 2 rings (SSSR count). The highest BCUT2D eigenvalue weighted by molar-refractivity contribution is 7.88. The third kappa shape index (κ3) is 4.19. The average molecular weight is 299 g/mol. The summed E-state index contributed by atoms with van der Waals surface area (Å²) in [7, 11) is -3.11. The van der Waals surface area contributed by atoms with Gasteiger partial charge in [0.25, 0.3) is 0 Å². The first-order valence-corrected chi connectivity index (χ1v) is 8.61. The summed E-state index contributed by atoms with van der Waals surface area (Å²) < 4.78 is 30.3. The Morgan fingerprint density at radius 2 is 2.25 bits per heavy atom. The quantitative estimate of drug-likeness (QED) is 0.888. The van der Waals surface area contributed by atoms with Gasteiger partial charge in [-0.2, -0.15) is 0 Å². The van der Waals surface area contributed by atoms with Gasteiger partial charge in [-0.1, -0.05) is 12.1 Å². The SMILES string of the molecule is CS(=O)(=O)N1CCCC(COc2cccc(CO)c2)C1. The largest absolute Gasteiger partial charge is 0.493 e. The molecule has 0 bridgehead atoms. The number of ether oxygens (including phenoxy) is 1. The summed E-state index contributed by atoms with van der Waals surface area (Å²) in [6, 6.07) is 7.32. The highest BCUT2D eigenvalue weighted by Gasteiger charge is 2.26. The first kappa shape index (κ1) is 15.3. The summed E-state index contributed by atoms with van der Waals surface area (Å²) in [5.41, 5.74) is 0.809. The van der Waals surface area contributed by atoms with Gasteiger partial charge in [-0.05, 0) is 30.5 Å². The number of hydrogen-bond acceptors (Lipinski definition) is 4. The van der Waals surface area contributed by atoms with Crippen LogP contribution in [-0.4, -0.2) is 43.8 Å². The second-order valence-corrected chi connectivity index (χ2v) is 7.23. The number of rotatable bonds is 5. The van der Waals surface area contributed by atoms with E-state index in [1.54, 1.807) is 6.07 Å². The predicted octanol–water partition coefficient (Wildman–Crippen LogP) is 1.23. The van der Waals surface area contributed by atoms with Crippen molar-refractivity contribution < 1.29 is 18.3 Å². The number of piperidine rings is 1. The molecule has 1 aliphatic rings. The summed E-state index contributed by atoms with van der Waals surface area (Å²) >= 11 is 0. The zero-order valence-corrected chi connectivity index (χ0v) is 12.5. The molecule has 20 heavy (non-hydrogen) atoms. The van der Waals surface area contributed by atoms with Gasteiger partial charge >= 0.3 is 0 Å². The Labute approximate surface area is 120 Å². The van der Waals surface area contributed by atoms with Crippen LogP contribution in [0.2, 0.25) is 0 Å². The second-order valence-electron chi connectivity index (χ2n) is 5.25. The Morgan fingerprint density at radius 1 is 1.45 bits per heavy atom. The fourth-order valence-corrected chi connectivity index (χ4v) is 3.35. The molecule has 1 aliphatic heterocycles. The Kier molecular flexibility index (Phi) is 5.01. The Hall–Kier alpha value is -1.11. The van der Waals surface area contributed by atoms with E-state index >= 15 is 0 Å². The van der Waals surface area contributed by atoms with Gasteiger partial charge in [0.05, 0.1) is 19.5 Å². The number of aliphatic hydroxyl groups is 1. The van der Waals surface area contributed by atoms with E-state index in [1.807, 2.05) is 18.2 Å². The maximum Gasteiger partial charge on any atom is 0.211 e. The second kappa shape index (κ2) is 6.56. The smallest absolute Gasteiger partial charge is 0.211 e. The molecule has 1 saturated heterocycles. The molecule has 112 valence electrons. The van der Waals surface area contributed by atoms with Crippen molar-refractivity contribution in [1.29, 1.82) is 0 Å².